The molecule has 1 amide bonds. The van der Waals surface area contributed by atoms with E-state index in [0.717, 1.165) is 11.3 Å². The number of nitrogens with zero attached hydrogens (tertiary/aromatic N) is 1. The van der Waals surface area contributed by atoms with Gasteiger partial charge in [0.2, 0.25) is 0 Å². The number of anilines is 2. The summed E-state index contributed by atoms with van der Waals surface area (Å²) in [7, 11) is 0. The Labute approximate surface area is 130 Å². The molecule has 1 aromatic carbocycles. The summed E-state index contributed by atoms with van der Waals surface area (Å²) < 4.78 is 0. The third-order valence-corrected chi connectivity index (χ3v) is 3.27. The minimum Gasteiger partial charge on any atom is -0.362 e. The number of amides is 1. The number of hydrogen-bond donors (Lipinski definition) is 2. The Hall–Kier alpha value is -2.88. The molecular weight excluding hydrogens is 274 g/mol. The molecule has 4 heteroatoms. The van der Waals surface area contributed by atoms with Gasteiger partial charge in [-0.25, -0.2) is 4.98 Å². The second kappa shape index (κ2) is 7.22. The summed E-state index contributed by atoms with van der Waals surface area (Å²) in [5, 5.41) is 5.72. The van der Waals surface area contributed by atoms with Gasteiger partial charge in [-0.05, 0) is 43.8 Å². The van der Waals surface area contributed by atoms with Gasteiger partial charge in [-0.1, -0.05) is 30.9 Å². The maximum Gasteiger partial charge on any atom is 0.257 e. The summed E-state index contributed by atoms with van der Waals surface area (Å²) in [5.41, 5.74) is 3.96. The molecule has 22 heavy (non-hydrogen) atoms. The van der Waals surface area contributed by atoms with Crippen LogP contribution in [0, 0.1) is 6.92 Å². The third kappa shape index (κ3) is 3.41. The van der Waals surface area contributed by atoms with Crippen molar-refractivity contribution in [2.75, 3.05) is 10.6 Å². The normalized spacial score (nSPS) is 13.7. The molecule has 3 rings (SSSR count). The maximum atomic E-state index is 11.2. The summed E-state index contributed by atoms with van der Waals surface area (Å²) in [6, 6.07) is 11.8. The van der Waals surface area contributed by atoms with Crippen LogP contribution < -0.4 is 10.6 Å². The van der Waals surface area contributed by atoms with E-state index in [4.69, 9.17) is 0 Å². The second-order valence-electron chi connectivity index (χ2n) is 4.72. The van der Waals surface area contributed by atoms with Crippen molar-refractivity contribution in [1.29, 1.82) is 0 Å². The van der Waals surface area contributed by atoms with E-state index in [9.17, 15) is 4.79 Å². The Bertz CT molecular complexity index is 720. The van der Waals surface area contributed by atoms with Gasteiger partial charge in [0.1, 0.15) is 5.82 Å². The molecule has 0 atom stereocenters. The second-order valence-corrected chi connectivity index (χ2v) is 4.72. The molecular formula is C18H19N3O. The zero-order valence-corrected chi connectivity index (χ0v) is 12.8. The first-order valence-electron chi connectivity index (χ1n) is 7.03. The first-order valence-corrected chi connectivity index (χ1v) is 7.03. The lowest BCUT2D eigenvalue weighted by atomic mass is 10.1. The quantitative estimate of drug-likeness (QED) is 0.823. The van der Waals surface area contributed by atoms with E-state index in [1.165, 1.54) is 5.56 Å². The van der Waals surface area contributed by atoms with Crippen molar-refractivity contribution in [2.24, 2.45) is 0 Å². The van der Waals surface area contributed by atoms with E-state index < -0.39 is 0 Å². The average Bonchev–Trinajstić information content (AvgIpc) is 2.85. The molecule has 1 aliphatic heterocycles. The molecule has 2 N–H and O–H groups in total. The van der Waals surface area contributed by atoms with E-state index in [2.05, 4.69) is 35.2 Å². The predicted molar refractivity (Wildman–Crippen MR) is 91.5 cm³/mol. The van der Waals surface area contributed by atoms with Crippen LogP contribution in [-0.4, -0.2) is 10.9 Å². The summed E-state index contributed by atoms with van der Waals surface area (Å²) in [6.45, 7) is 7.49. The third-order valence-electron chi connectivity index (χ3n) is 3.27. The van der Waals surface area contributed by atoms with Gasteiger partial charge < -0.3 is 10.6 Å². The number of carbonyl (C=O) groups is 1. The summed E-state index contributed by atoms with van der Waals surface area (Å²) >= 11 is 0. The van der Waals surface area contributed by atoms with Crippen molar-refractivity contribution in [2.45, 2.75) is 13.8 Å². The van der Waals surface area contributed by atoms with E-state index >= 15 is 0 Å². The Morgan fingerprint density at radius 2 is 2.00 bits per heavy atom. The first kappa shape index (κ1) is 15.5. The van der Waals surface area contributed by atoms with Gasteiger partial charge in [0.25, 0.3) is 5.91 Å². The molecule has 0 bridgehead atoms. The molecule has 0 saturated heterocycles. The lowest BCUT2D eigenvalue weighted by Gasteiger charge is -2.02. The van der Waals surface area contributed by atoms with Crippen LogP contribution in [0.4, 0.5) is 11.5 Å². The van der Waals surface area contributed by atoms with Gasteiger partial charge in [0, 0.05) is 23.0 Å². The van der Waals surface area contributed by atoms with Crippen molar-refractivity contribution in [3.63, 3.8) is 0 Å². The Morgan fingerprint density at radius 1 is 1.23 bits per heavy atom. The zero-order chi connectivity index (χ0) is 15.9. The number of benzene rings is 1. The van der Waals surface area contributed by atoms with E-state index in [-0.39, 0.29) is 5.91 Å². The molecule has 112 valence electrons. The highest BCUT2D eigenvalue weighted by molar-refractivity contribution is 6.30. The Morgan fingerprint density at radius 3 is 2.68 bits per heavy atom. The fourth-order valence-corrected chi connectivity index (χ4v) is 2.15. The summed E-state index contributed by atoms with van der Waals surface area (Å²) in [4.78, 5) is 15.3. The van der Waals surface area contributed by atoms with Crippen LogP contribution in [0.15, 0.2) is 61.4 Å². The number of aromatic nitrogens is 1. The SMILES string of the molecule is C/C=C1\C(=O)Nc2ncccc21.C=CNc1ccccc1C. The number of para-hydroxylation sites is 1. The molecule has 1 aliphatic rings. The zero-order valence-electron chi connectivity index (χ0n) is 12.8. The van der Waals surface area contributed by atoms with Gasteiger partial charge in [0.05, 0.1) is 0 Å². The van der Waals surface area contributed by atoms with Gasteiger partial charge in [0.15, 0.2) is 0 Å². The van der Waals surface area contributed by atoms with E-state index in [0.29, 0.717) is 11.4 Å². The van der Waals surface area contributed by atoms with Crippen LogP contribution in [0.25, 0.3) is 5.57 Å². The molecule has 0 spiro atoms. The Balaban J connectivity index is 0.000000164. The van der Waals surface area contributed by atoms with Crippen molar-refractivity contribution in [3.8, 4) is 0 Å². The number of pyridine rings is 1. The van der Waals surface area contributed by atoms with Gasteiger partial charge >= 0.3 is 0 Å². The smallest absolute Gasteiger partial charge is 0.257 e. The van der Waals surface area contributed by atoms with Gasteiger partial charge in [-0.2, -0.15) is 0 Å². The number of hydrogen-bond acceptors (Lipinski definition) is 3. The van der Waals surface area contributed by atoms with Crippen LogP contribution >= 0.6 is 0 Å². The van der Waals surface area contributed by atoms with Crippen molar-refractivity contribution in [3.05, 3.63) is 72.6 Å². The monoisotopic (exact) mass is 293 g/mol. The molecule has 0 unspecified atom stereocenters. The number of carbonyl (C=O) groups excluding carboxylic acids is 1. The Kier molecular flexibility index (Phi) is 5.09. The number of allylic oxidation sites excluding steroid dienone is 1. The van der Waals surface area contributed by atoms with Gasteiger partial charge in [-0.3, -0.25) is 4.79 Å². The van der Waals surface area contributed by atoms with E-state index in [1.54, 1.807) is 18.5 Å². The minimum atomic E-state index is -0.0637. The fourth-order valence-electron chi connectivity index (χ4n) is 2.15. The van der Waals surface area contributed by atoms with Crippen LogP contribution in [-0.2, 0) is 4.79 Å². The lowest BCUT2D eigenvalue weighted by Crippen LogP contribution is -2.03. The highest BCUT2D eigenvalue weighted by Gasteiger charge is 2.23. The van der Waals surface area contributed by atoms with Crippen molar-refractivity contribution < 1.29 is 4.79 Å². The van der Waals surface area contributed by atoms with E-state index in [1.807, 2.05) is 37.3 Å². The molecule has 2 heterocycles. The molecule has 0 saturated carbocycles. The molecule has 4 nitrogen and oxygen atoms in total. The average molecular weight is 293 g/mol. The van der Waals surface area contributed by atoms with Crippen molar-refractivity contribution >= 4 is 23.0 Å². The molecule has 0 aliphatic carbocycles. The molecule has 0 fully saturated rings. The standard InChI is InChI=1S/C9H8N2O.C9H11N/c1-2-6-7-4-3-5-10-8(7)11-9(6)12;1-3-10-9-7-5-4-6-8(9)2/h2-5H,1H3,(H,10,11,12);3-7,10H,1H2,2H3/b6-2-;. The van der Waals surface area contributed by atoms with Crippen LogP contribution in [0.3, 0.4) is 0 Å². The molecule has 2 aromatic rings. The maximum absolute atomic E-state index is 11.2. The van der Waals surface area contributed by atoms with Crippen LogP contribution in [0.1, 0.15) is 18.1 Å². The van der Waals surface area contributed by atoms with Crippen LogP contribution in [0.5, 0.6) is 0 Å². The first-order chi connectivity index (χ1) is 10.7. The molecule has 1 aromatic heterocycles. The summed E-state index contributed by atoms with van der Waals surface area (Å²) in [6.07, 6.45) is 5.14. The predicted octanol–water partition coefficient (Wildman–Crippen LogP) is 3.99. The lowest BCUT2D eigenvalue weighted by molar-refractivity contribution is -0.110. The number of rotatable bonds is 2. The van der Waals surface area contributed by atoms with Crippen molar-refractivity contribution in [1.82, 2.24) is 4.98 Å². The molecule has 0 radical (unpaired) electrons. The number of nitrogens with one attached hydrogen (secondary N) is 2. The number of aryl methyl sites for hydroxylation is 1. The largest absolute Gasteiger partial charge is 0.362 e. The van der Waals surface area contributed by atoms with Gasteiger partial charge in [-0.15, -0.1) is 0 Å². The summed E-state index contributed by atoms with van der Waals surface area (Å²) in [5.74, 6) is 0.599. The number of fused-ring (bicyclic) bond motifs is 1. The topological polar surface area (TPSA) is 54.0 Å². The fraction of sp³-hybridized carbons (Fsp3) is 0.111. The van der Waals surface area contributed by atoms with Crippen LogP contribution in [0.2, 0.25) is 0 Å². The highest BCUT2D eigenvalue weighted by atomic mass is 16.2. The highest BCUT2D eigenvalue weighted by Crippen LogP contribution is 2.28. The minimum absolute atomic E-state index is 0.0637.